The van der Waals surface area contributed by atoms with Crippen molar-refractivity contribution in [3.05, 3.63) is 46.2 Å². The zero-order valence-electron chi connectivity index (χ0n) is 15.5. The summed E-state index contributed by atoms with van der Waals surface area (Å²) in [6.07, 6.45) is -1.19. The molecule has 9 nitrogen and oxygen atoms in total. The van der Waals surface area contributed by atoms with E-state index in [4.69, 9.17) is 22.9 Å². The summed E-state index contributed by atoms with van der Waals surface area (Å²) in [5.41, 5.74) is -1.80. The second-order valence-electron chi connectivity index (χ2n) is 6.72. The Kier molecular flexibility index (Phi) is 5.59. The van der Waals surface area contributed by atoms with Crippen LogP contribution >= 0.6 is 11.6 Å². The summed E-state index contributed by atoms with van der Waals surface area (Å²) in [6, 6.07) is 3.49. The summed E-state index contributed by atoms with van der Waals surface area (Å²) >= 11 is 6.10. The van der Waals surface area contributed by atoms with E-state index in [1.54, 1.807) is 6.92 Å². The average Bonchev–Trinajstić information content (AvgIpc) is 3.12. The van der Waals surface area contributed by atoms with E-state index in [2.05, 4.69) is 9.94 Å². The van der Waals surface area contributed by atoms with Crippen LogP contribution in [0, 0.1) is 19.3 Å². The van der Waals surface area contributed by atoms with Gasteiger partial charge >= 0.3 is 0 Å². The van der Waals surface area contributed by atoms with Crippen LogP contribution in [0.15, 0.2) is 23.2 Å². The number of aliphatic hydroxyl groups excluding tert-OH is 1. The van der Waals surface area contributed by atoms with E-state index in [0.717, 1.165) is 15.1 Å². The topological polar surface area (TPSA) is 109 Å². The summed E-state index contributed by atoms with van der Waals surface area (Å²) in [4.78, 5) is 3.01. The molecule has 0 saturated carbocycles. The predicted octanol–water partition coefficient (Wildman–Crippen LogP) is 1.25. The highest BCUT2D eigenvalue weighted by molar-refractivity contribution is 7.89. The van der Waals surface area contributed by atoms with Crippen molar-refractivity contribution >= 4 is 27.3 Å². The lowest BCUT2D eigenvalue weighted by Gasteiger charge is -2.27. The monoisotopic (exact) mass is 444 g/mol. The molecule has 1 aromatic heterocycles. The molecule has 1 fully saturated rings. The fourth-order valence-electron chi connectivity index (χ4n) is 3.14. The first-order chi connectivity index (χ1) is 13.5. The number of hydrogen-bond acceptors (Lipinski definition) is 6. The quantitative estimate of drug-likeness (QED) is 0.672. The Morgan fingerprint density at radius 3 is 2.72 bits per heavy atom. The van der Waals surface area contributed by atoms with Crippen LogP contribution in [-0.2, 0) is 17.1 Å². The van der Waals surface area contributed by atoms with Gasteiger partial charge in [-0.3, -0.25) is 4.68 Å². The molecule has 0 amide bonds. The minimum Gasteiger partial charge on any atom is -0.486 e. The maximum atomic E-state index is 13.8. The van der Waals surface area contributed by atoms with Gasteiger partial charge in [-0.1, -0.05) is 11.6 Å². The first-order valence-electron chi connectivity index (χ1n) is 8.39. The number of rotatable bonds is 5. The van der Waals surface area contributed by atoms with E-state index in [1.807, 2.05) is 0 Å². The van der Waals surface area contributed by atoms with Gasteiger partial charge in [-0.15, -0.1) is 0 Å². The lowest BCUT2D eigenvalue weighted by molar-refractivity contribution is -0.0641. The Morgan fingerprint density at radius 2 is 2.21 bits per heavy atom. The number of benzene rings is 1. The molecule has 0 radical (unpaired) electrons. The molecular formula is C17H18ClFN4O5S. The number of nitrogens with zero attached hydrogens (tertiary/aromatic N) is 4. The Labute approximate surface area is 171 Å². The summed E-state index contributed by atoms with van der Waals surface area (Å²) in [7, 11) is -2.74. The fourth-order valence-corrected chi connectivity index (χ4v) is 5.31. The van der Waals surface area contributed by atoms with Gasteiger partial charge in [-0.2, -0.15) is 9.40 Å². The molecule has 1 saturated heterocycles. The van der Waals surface area contributed by atoms with Crippen LogP contribution < -0.4 is 4.74 Å². The van der Waals surface area contributed by atoms with Crippen LogP contribution in [0.25, 0.3) is 4.85 Å². The highest BCUT2D eigenvalue weighted by Crippen LogP contribution is 2.34. The van der Waals surface area contributed by atoms with Gasteiger partial charge in [0.15, 0.2) is 5.03 Å². The van der Waals surface area contributed by atoms with Gasteiger partial charge in [-0.25, -0.2) is 17.7 Å². The summed E-state index contributed by atoms with van der Waals surface area (Å²) in [5, 5.41) is 24.1. The van der Waals surface area contributed by atoms with Crippen molar-refractivity contribution in [2.24, 2.45) is 7.05 Å². The van der Waals surface area contributed by atoms with Crippen molar-refractivity contribution in [3.63, 3.8) is 0 Å². The van der Waals surface area contributed by atoms with E-state index >= 15 is 0 Å². The number of aryl methyl sites for hydroxylation is 2. The molecule has 2 aromatic rings. The largest absolute Gasteiger partial charge is 0.486 e. The third-order valence-electron chi connectivity index (χ3n) is 4.69. The van der Waals surface area contributed by atoms with E-state index in [1.165, 1.54) is 19.2 Å². The minimum atomic E-state index is -4.17. The third-order valence-corrected chi connectivity index (χ3v) is 7.17. The third kappa shape index (κ3) is 3.70. The van der Waals surface area contributed by atoms with Crippen molar-refractivity contribution in [1.82, 2.24) is 14.1 Å². The molecule has 2 atom stereocenters. The normalized spacial score (nSPS) is 22.6. The first-order valence-corrected chi connectivity index (χ1v) is 10.2. The number of hydrogen-bond donors (Lipinski definition) is 2. The lowest BCUT2D eigenvalue weighted by atomic mass is 10.0. The fraction of sp³-hybridized carbons (Fsp3) is 0.412. The van der Waals surface area contributed by atoms with Gasteiger partial charge in [0.1, 0.15) is 28.3 Å². The molecule has 0 spiro atoms. The molecule has 2 N–H and O–H groups in total. The van der Waals surface area contributed by atoms with Crippen LogP contribution in [-0.4, -0.2) is 64.1 Å². The van der Waals surface area contributed by atoms with Crippen LogP contribution in [0.3, 0.4) is 0 Å². The predicted molar refractivity (Wildman–Crippen MR) is 101 cm³/mol. The van der Waals surface area contributed by atoms with Crippen LogP contribution in [0.4, 0.5) is 10.1 Å². The van der Waals surface area contributed by atoms with Crippen molar-refractivity contribution in [3.8, 4) is 5.75 Å². The van der Waals surface area contributed by atoms with Gasteiger partial charge in [0.2, 0.25) is 5.69 Å². The van der Waals surface area contributed by atoms with Crippen LogP contribution in [0.2, 0.25) is 5.02 Å². The summed E-state index contributed by atoms with van der Waals surface area (Å²) in [5.74, 6) is -0.829. The van der Waals surface area contributed by atoms with E-state index in [9.17, 15) is 23.0 Å². The molecule has 0 unspecified atom stereocenters. The molecule has 1 aromatic carbocycles. The molecular weight excluding hydrogens is 427 g/mol. The first kappa shape index (κ1) is 21.5. The Morgan fingerprint density at radius 1 is 1.52 bits per heavy atom. The molecule has 12 heteroatoms. The zero-order chi connectivity index (χ0) is 21.6. The van der Waals surface area contributed by atoms with Crippen LogP contribution in [0.1, 0.15) is 5.69 Å². The molecule has 156 valence electrons. The molecule has 3 rings (SSSR count). The van der Waals surface area contributed by atoms with Gasteiger partial charge in [0.25, 0.3) is 10.0 Å². The molecule has 2 heterocycles. The van der Waals surface area contributed by atoms with E-state index in [0.29, 0.717) is 5.69 Å². The second-order valence-corrected chi connectivity index (χ2v) is 8.95. The van der Waals surface area contributed by atoms with Crippen molar-refractivity contribution in [2.45, 2.75) is 23.7 Å². The van der Waals surface area contributed by atoms with Crippen molar-refractivity contribution in [1.29, 1.82) is 0 Å². The SMILES string of the molecule is [C-]#[N+]c1ccc(O[C@H]2CN(S(=O)(=O)c3c(Cl)c(C)nn3C)C[C@@]2(O)CO)cc1F. The number of aromatic nitrogens is 2. The van der Waals surface area contributed by atoms with E-state index < -0.39 is 40.7 Å². The Bertz CT molecular complexity index is 1100. The van der Waals surface area contributed by atoms with Crippen molar-refractivity contribution in [2.75, 3.05) is 19.7 Å². The molecule has 1 aliphatic heterocycles. The van der Waals surface area contributed by atoms with Crippen LogP contribution in [0.5, 0.6) is 5.75 Å². The minimum absolute atomic E-state index is 0.0135. The Hall–Kier alpha value is -2.23. The summed E-state index contributed by atoms with van der Waals surface area (Å²) < 4.78 is 47.6. The number of sulfonamides is 1. The average molecular weight is 445 g/mol. The van der Waals surface area contributed by atoms with Gasteiger partial charge in [0, 0.05) is 19.7 Å². The standard InChI is InChI=1S/C17H18ClFN4O5S/c1-10-15(18)16(22(3)21-10)29(26,27)23-7-14(17(25,8-23)9-24)28-11-4-5-13(20-2)12(19)6-11/h4-6,14,24-25H,7-9H2,1,3H3/t14-,17+/m0/s1. The smallest absolute Gasteiger partial charge is 0.261 e. The van der Waals surface area contributed by atoms with Gasteiger partial charge in [-0.05, 0) is 19.1 Å². The molecule has 0 aliphatic carbocycles. The zero-order valence-corrected chi connectivity index (χ0v) is 17.1. The molecule has 0 bridgehead atoms. The lowest BCUT2D eigenvalue weighted by Crippen LogP contribution is -2.48. The van der Waals surface area contributed by atoms with Gasteiger partial charge in [0.05, 0.1) is 25.4 Å². The maximum absolute atomic E-state index is 13.8. The highest BCUT2D eigenvalue weighted by Gasteiger charge is 2.51. The summed E-state index contributed by atoms with van der Waals surface area (Å²) in [6.45, 7) is 6.86. The molecule has 29 heavy (non-hydrogen) atoms. The highest BCUT2D eigenvalue weighted by atomic mass is 35.5. The number of halogens is 2. The maximum Gasteiger partial charge on any atom is 0.261 e. The number of β-amino-alcohol motifs (C(OH)–C–C–N with tert-alkyl or cyclic N) is 1. The van der Waals surface area contributed by atoms with Gasteiger partial charge < -0.3 is 14.9 Å². The number of ether oxygens (including phenoxy) is 1. The second kappa shape index (κ2) is 7.55. The van der Waals surface area contributed by atoms with E-state index in [-0.39, 0.29) is 28.0 Å². The van der Waals surface area contributed by atoms with Crippen molar-refractivity contribution < 1.29 is 27.8 Å². The molecule has 1 aliphatic rings. The Balaban J connectivity index is 1.92. The number of aliphatic hydroxyl groups is 2.